The number of hydrogen-bond donors (Lipinski definition) is 2. The first-order valence-corrected chi connectivity index (χ1v) is 4.37. The number of nitrogens with zero attached hydrogens (tertiary/aromatic N) is 2. The van der Waals surface area contributed by atoms with Crippen molar-refractivity contribution in [3.05, 3.63) is 12.3 Å². The Morgan fingerprint density at radius 3 is 3.15 bits per heavy atom. The summed E-state index contributed by atoms with van der Waals surface area (Å²) >= 11 is 0. The average Bonchev–Trinajstić information content (AvgIpc) is 2.56. The van der Waals surface area contributed by atoms with Crippen molar-refractivity contribution in [1.29, 1.82) is 0 Å². The molecule has 2 heterocycles. The summed E-state index contributed by atoms with van der Waals surface area (Å²) in [7, 11) is 0. The van der Waals surface area contributed by atoms with E-state index >= 15 is 0 Å². The van der Waals surface area contributed by atoms with E-state index in [4.69, 9.17) is 0 Å². The molecule has 2 N–H and O–H groups in total. The van der Waals surface area contributed by atoms with Crippen LogP contribution in [0.25, 0.3) is 0 Å². The summed E-state index contributed by atoms with van der Waals surface area (Å²) in [4.78, 5) is 13.2. The fourth-order valence-electron chi connectivity index (χ4n) is 1.43. The van der Waals surface area contributed by atoms with Crippen molar-refractivity contribution in [2.75, 3.05) is 24.5 Å². The zero-order valence-electron chi connectivity index (χ0n) is 7.29. The molecule has 0 atom stereocenters. The van der Waals surface area contributed by atoms with E-state index in [1.807, 2.05) is 6.07 Å². The molecule has 1 amide bonds. The van der Waals surface area contributed by atoms with Crippen molar-refractivity contribution in [1.82, 2.24) is 15.5 Å². The lowest BCUT2D eigenvalue weighted by atomic mass is 10.4. The monoisotopic (exact) mass is 180 g/mol. The number of nitrogens with one attached hydrogen (secondary N) is 2. The van der Waals surface area contributed by atoms with E-state index in [0.29, 0.717) is 13.0 Å². The van der Waals surface area contributed by atoms with Crippen molar-refractivity contribution >= 4 is 11.7 Å². The molecular weight excluding hydrogens is 168 g/mol. The molecule has 1 aliphatic heterocycles. The van der Waals surface area contributed by atoms with Crippen LogP contribution in [-0.4, -0.2) is 35.7 Å². The first kappa shape index (κ1) is 8.10. The summed E-state index contributed by atoms with van der Waals surface area (Å²) in [6.07, 6.45) is 2.27. The van der Waals surface area contributed by atoms with E-state index in [2.05, 4.69) is 20.4 Å². The van der Waals surface area contributed by atoms with Gasteiger partial charge in [0, 0.05) is 32.1 Å². The zero-order chi connectivity index (χ0) is 9.10. The van der Waals surface area contributed by atoms with Gasteiger partial charge in [0.15, 0.2) is 0 Å². The normalized spacial score (nSPS) is 18.2. The van der Waals surface area contributed by atoms with Crippen LogP contribution in [0.15, 0.2) is 12.3 Å². The number of aromatic nitrogens is 2. The van der Waals surface area contributed by atoms with Gasteiger partial charge in [-0.15, -0.1) is 0 Å². The van der Waals surface area contributed by atoms with Gasteiger partial charge in [0.05, 0.1) is 6.20 Å². The number of rotatable bonds is 1. The Kier molecular flexibility index (Phi) is 2.16. The van der Waals surface area contributed by atoms with E-state index in [1.165, 1.54) is 0 Å². The highest BCUT2D eigenvalue weighted by Crippen LogP contribution is 2.09. The first-order chi connectivity index (χ1) is 6.36. The molecule has 0 aromatic carbocycles. The third kappa shape index (κ3) is 1.80. The standard InChI is InChI=1S/C8H12N4O/c13-8-2-5-12(6-4-9-8)7-1-3-10-11-7/h1,3H,2,4-6H2,(H,9,13)(H,10,11). The molecule has 0 bridgehead atoms. The summed E-state index contributed by atoms with van der Waals surface area (Å²) in [5, 5.41) is 9.58. The Hall–Kier alpha value is -1.52. The second kappa shape index (κ2) is 3.47. The molecule has 2 rings (SSSR count). The highest BCUT2D eigenvalue weighted by atomic mass is 16.1. The van der Waals surface area contributed by atoms with Gasteiger partial charge in [-0.05, 0) is 0 Å². The minimum absolute atomic E-state index is 0.127. The fourth-order valence-corrected chi connectivity index (χ4v) is 1.43. The van der Waals surface area contributed by atoms with Gasteiger partial charge in [-0.2, -0.15) is 5.10 Å². The van der Waals surface area contributed by atoms with Crippen molar-refractivity contribution in [2.45, 2.75) is 6.42 Å². The number of anilines is 1. The lowest BCUT2D eigenvalue weighted by Gasteiger charge is -2.18. The number of hydrogen-bond acceptors (Lipinski definition) is 3. The first-order valence-electron chi connectivity index (χ1n) is 4.37. The van der Waals surface area contributed by atoms with Gasteiger partial charge in [-0.1, -0.05) is 0 Å². The maximum atomic E-state index is 11.0. The van der Waals surface area contributed by atoms with Crippen LogP contribution in [0.1, 0.15) is 6.42 Å². The maximum absolute atomic E-state index is 11.0. The summed E-state index contributed by atoms with van der Waals surface area (Å²) in [5.74, 6) is 1.11. The van der Waals surface area contributed by atoms with Gasteiger partial charge in [0.1, 0.15) is 5.82 Å². The predicted octanol–water partition coefficient (Wildman–Crippen LogP) is -0.264. The maximum Gasteiger partial charge on any atom is 0.221 e. The van der Waals surface area contributed by atoms with Crippen molar-refractivity contribution in [3.63, 3.8) is 0 Å². The van der Waals surface area contributed by atoms with Gasteiger partial charge in [-0.25, -0.2) is 0 Å². The van der Waals surface area contributed by atoms with E-state index in [0.717, 1.165) is 18.9 Å². The molecule has 1 aliphatic rings. The highest BCUT2D eigenvalue weighted by Gasteiger charge is 2.13. The van der Waals surface area contributed by atoms with Gasteiger partial charge >= 0.3 is 0 Å². The number of carbonyl (C=O) groups excluding carboxylic acids is 1. The number of carbonyl (C=O) groups is 1. The molecule has 0 spiro atoms. The van der Waals surface area contributed by atoms with Crippen molar-refractivity contribution in [2.24, 2.45) is 0 Å². The van der Waals surface area contributed by atoms with Gasteiger partial charge in [-0.3, -0.25) is 9.89 Å². The molecule has 0 radical (unpaired) electrons. The van der Waals surface area contributed by atoms with E-state index < -0.39 is 0 Å². The number of aromatic amines is 1. The summed E-state index contributed by atoms with van der Waals surface area (Å²) in [6.45, 7) is 2.31. The van der Waals surface area contributed by atoms with Crippen molar-refractivity contribution in [3.8, 4) is 0 Å². The van der Waals surface area contributed by atoms with Gasteiger partial charge in [0.25, 0.3) is 0 Å². The molecular formula is C8H12N4O. The van der Waals surface area contributed by atoms with E-state index in [9.17, 15) is 4.79 Å². The molecule has 13 heavy (non-hydrogen) atoms. The van der Waals surface area contributed by atoms with Crippen molar-refractivity contribution < 1.29 is 4.79 Å². The van der Waals surface area contributed by atoms with Crippen LogP contribution >= 0.6 is 0 Å². The summed E-state index contributed by atoms with van der Waals surface area (Å²) in [6, 6.07) is 1.91. The largest absolute Gasteiger partial charge is 0.355 e. The SMILES string of the molecule is O=C1CCN(c2ccn[nH]2)CCN1. The number of H-pyrrole nitrogens is 1. The van der Waals surface area contributed by atoms with Crippen LogP contribution in [0.5, 0.6) is 0 Å². The Labute approximate surface area is 76.1 Å². The lowest BCUT2D eigenvalue weighted by molar-refractivity contribution is -0.120. The fraction of sp³-hybridized carbons (Fsp3) is 0.500. The quantitative estimate of drug-likeness (QED) is 0.625. The molecule has 1 saturated heterocycles. The Bertz CT molecular complexity index is 282. The molecule has 70 valence electrons. The highest BCUT2D eigenvalue weighted by molar-refractivity contribution is 5.77. The van der Waals surface area contributed by atoms with Crippen LogP contribution in [0, 0.1) is 0 Å². The molecule has 1 aromatic rings. The second-order valence-corrected chi connectivity index (χ2v) is 3.03. The Morgan fingerprint density at radius 1 is 1.46 bits per heavy atom. The minimum Gasteiger partial charge on any atom is -0.355 e. The third-order valence-electron chi connectivity index (χ3n) is 2.14. The molecule has 0 aliphatic carbocycles. The predicted molar refractivity (Wildman–Crippen MR) is 48.4 cm³/mol. The van der Waals surface area contributed by atoms with E-state index in [-0.39, 0.29) is 5.91 Å². The third-order valence-corrected chi connectivity index (χ3v) is 2.14. The molecule has 1 aromatic heterocycles. The number of amides is 1. The van der Waals surface area contributed by atoms with Crippen LogP contribution in [0.3, 0.4) is 0 Å². The van der Waals surface area contributed by atoms with E-state index in [1.54, 1.807) is 6.20 Å². The smallest absolute Gasteiger partial charge is 0.221 e. The summed E-state index contributed by atoms with van der Waals surface area (Å²) in [5.41, 5.74) is 0. The average molecular weight is 180 g/mol. The topological polar surface area (TPSA) is 61.0 Å². The Morgan fingerprint density at radius 2 is 2.38 bits per heavy atom. The van der Waals surface area contributed by atoms with Crippen LogP contribution in [0.4, 0.5) is 5.82 Å². The minimum atomic E-state index is 0.127. The zero-order valence-corrected chi connectivity index (χ0v) is 7.29. The molecule has 0 saturated carbocycles. The van der Waals surface area contributed by atoms with Gasteiger partial charge < -0.3 is 10.2 Å². The van der Waals surface area contributed by atoms with Gasteiger partial charge in [0.2, 0.25) is 5.91 Å². The lowest BCUT2D eigenvalue weighted by Crippen LogP contribution is -2.28. The summed E-state index contributed by atoms with van der Waals surface area (Å²) < 4.78 is 0. The molecule has 5 nitrogen and oxygen atoms in total. The molecule has 0 unspecified atom stereocenters. The Balaban J connectivity index is 2.04. The van der Waals surface area contributed by atoms with Crippen LogP contribution in [0.2, 0.25) is 0 Å². The molecule has 5 heteroatoms. The second-order valence-electron chi connectivity index (χ2n) is 3.03. The molecule has 1 fully saturated rings. The van der Waals surface area contributed by atoms with Crippen LogP contribution < -0.4 is 10.2 Å². The van der Waals surface area contributed by atoms with Crippen LogP contribution in [-0.2, 0) is 4.79 Å².